The third kappa shape index (κ3) is 3.35. The second-order valence-electron chi connectivity index (χ2n) is 6.83. The number of piperazine rings is 1. The van der Waals surface area contributed by atoms with Gasteiger partial charge in [0.15, 0.2) is 5.82 Å². The number of aromatic nitrogens is 4. The Morgan fingerprint density at radius 3 is 2.57 bits per heavy atom. The summed E-state index contributed by atoms with van der Waals surface area (Å²) in [7, 11) is 1.34. The number of rotatable bonds is 3. The number of anilines is 2. The number of fused-ring (bicyclic) bond motifs is 2. The predicted octanol–water partition coefficient (Wildman–Crippen LogP) is 3.51. The molecule has 0 N–H and O–H groups in total. The third-order valence-corrected chi connectivity index (χ3v) is 6.50. The quantitative estimate of drug-likeness (QED) is 0.408. The lowest BCUT2D eigenvalue weighted by Crippen LogP contribution is -2.47. The summed E-state index contributed by atoms with van der Waals surface area (Å²) in [6, 6.07) is 7.93. The number of halogens is 1. The molecule has 8 nitrogen and oxygen atoms in total. The Bertz CT molecular complexity index is 1250. The van der Waals surface area contributed by atoms with Crippen LogP contribution in [0.2, 0.25) is 0 Å². The Labute approximate surface area is 184 Å². The number of thiophene rings is 1. The van der Waals surface area contributed by atoms with E-state index in [1.54, 1.807) is 17.7 Å². The zero-order valence-electron chi connectivity index (χ0n) is 16.1. The van der Waals surface area contributed by atoms with Crippen molar-refractivity contribution < 1.29 is 9.53 Å². The molecular formula is C20H17BrN6O2S. The van der Waals surface area contributed by atoms with Crippen LogP contribution in [0.5, 0.6) is 0 Å². The average molecular weight is 485 g/mol. The minimum atomic E-state index is -0.527. The molecule has 5 rings (SSSR count). The van der Waals surface area contributed by atoms with Crippen LogP contribution in [0.15, 0.2) is 40.4 Å². The number of benzene rings is 1. The summed E-state index contributed by atoms with van der Waals surface area (Å²) in [5.74, 6) is 1.28. The van der Waals surface area contributed by atoms with Gasteiger partial charge in [-0.2, -0.15) is 0 Å². The molecule has 1 aromatic carbocycles. The summed E-state index contributed by atoms with van der Waals surface area (Å²) in [5.41, 5.74) is 1.68. The fourth-order valence-corrected chi connectivity index (χ4v) is 4.85. The van der Waals surface area contributed by atoms with Gasteiger partial charge < -0.3 is 14.5 Å². The van der Waals surface area contributed by atoms with E-state index in [1.807, 2.05) is 23.6 Å². The lowest BCUT2D eigenvalue weighted by Gasteiger charge is -2.36. The van der Waals surface area contributed by atoms with Gasteiger partial charge in [-0.05, 0) is 29.6 Å². The highest BCUT2D eigenvalue weighted by atomic mass is 79.9. The Hall–Kier alpha value is -2.85. The minimum absolute atomic E-state index is 0.0903. The molecule has 0 aliphatic carbocycles. The van der Waals surface area contributed by atoms with E-state index in [1.165, 1.54) is 7.11 Å². The summed E-state index contributed by atoms with van der Waals surface area (Å²) in [6.07, 6.45) is 1.61. The summed E-state index contributed by atoms with van der Waals surface area (Å²) < 4.78 is 6.80. The first-order valence-electron chi connectivity index (χ1n) is 9.38. The predicted molar refractivity (Wildman–Crippen MR) is 120 cm³/mol. The summed E-state index contributed by atoms with van der Waals surface area (Å²) in [4.78, 5) is 34.3. The molecule has 4 aromatic rings. The van der Waals surface area contributed by atoms with Crippen LogP contribution in [-0.2, 0) is 4.74 Å². The molecule has 0 bridgehead atoms. The molecule has 1 saturated heterocycles. The smallest absolute Gasteiger partial charge is 0.376 e. The number of carbonyl (C=O) groups is 1. The van der Waals surface area contributed by atoms with E-state index >= 15 is 0 Å². The molecule has 0 unspecified atom stereocenters. The van der Waals surface area contributed by atoms with E-state index in [4.69, 9.17) is 4.74 Å². The summed E-state index contributed by atoms with van der Waals surface area (Å²) in [6.45, 7) is 3.07. The van der Waals surface area contributed by atoms with E-state index in [0.29, 0.717) is 0 Å². The van der Waals surface area contributed by atoms with Gasteiger partial charge in [0, 0.05) is 36.0 Å². The molecule has 4 heterocycles. The Balaban J connectivity index is 1.44. The molecule has 0 amide bonds. The maximum absolute atomic E-state index is 12.0. The van der Waals surface area contributed by atoms with Gasteiger partial charge in [0.25, 0.3) is 0 Å². The van der Waals surface area contributed by atoms with Gasteiger partial charge in [0.1, 0.15) is 12.1 Å². The first-order chi connectivity index (χ1) is 14.6. The second kappa shape index (κ2) is 7.77. The van der Waals surface area contributed by atoms with Crippen LogP contribution in [0.1, 0.15) is 10.6 Å². The highest BCUT2D eigenvalue weighted by Gasteiger charge is 2.24. The second-order valence-corrected chi connectivity index (χ2v) is 8.66. The van der Waals surface area contributed by atoms with Crippen molar-refractivity contribution in [2.24, 2.45) is 0 Å². The zero-order valence-corrected chi connectivity index (χ0v) is 18.5. The largest absolute Gasteiger partial charge is 0.463 e. The highest BCUT2D eigenvalue weighted by Crippen LogP contribution is 2.31. The van der Waals surface area contributed by atoms with Crippen molar-refractivity contribution in [1.29, 1.82) is 0 Å². The average Bonchev–Trinajstić information content (AvgIpc) is 3.26. The number of hydrogen-bond acceptors (Lipinski definition) is 9. The van der Waals surface area contributed by atoms with Gasteiger partial charge in [-0.1, -0.05) is 15.9 Å². The molecule has 1 aliphatic rings. The van der Waals surface area contributed by atoms with Crippen LogP contribution in [0.3, 0.4) is 0 Å². The van der Waals surface area contributed by atoms with Crippen molar-refractivity contribution in [3.8, 4) is 0 Å². The summed E-state index contributed by atoms with van der Waals surface area (Å²) >= 11 is 5.12. The molecule has 10 heteroatoms. The van der Waals surface area contributed by atoms with Crippen molar-refractivity contribution in [1.82, 2.24) is 19.9 Å². The standard InChI is InChI=1S/C20H17BrN6O2S/c1-29-20(28)17-24-15-4-9-30-16(15)19(25-17)27-7-5-26(6-8-27)18-13-10-12(21)2-3-14(13)22-11-23-18/h2-4,9-11H,5-8H2,1H3. The van der Waals surface area contributed by atoms with Crippen molar-refractivity contribution in [3.05, 3.63) is 46.3 Å². The van der Waals surface area contributed by atoms with Crippen molar-refractivity contribution in [2.45, 2.75) is 0 Å². The first kappa shape index (κ1) is 19.1. The number of methoxy groups -OCH3 is 1. The van der Waals surface area contributed by atoms with Crippen molar-refractivity contribution in [3.63, 3.8) is 0 Å². The molecule has 0 atom stereocenters. The number of carbonyl (C=O) groups excluding carboxylic acids is 1. The monoisotopic (exact) mass is 484 g/mol. The number of esters is 1. The number of nitrogens with zero attached hydrogens (tertiary/aromatic N) is 6. The topological polar surface area (TPSA) is 84.3 Å². The molecule has 0 saturated carbocycles. The molecule has 3 aromatic heterocycles. The van der Waals surface area contributed by atoms with Crippen LogP contribution in [-0.4, -0.2) is 59.2 Å². The van der Waals surface area contributed by atoms with Gasteiger partial charge >= 0.3 is 5.97 Å². The van der Waals surface area contributed by atoms with Gasteiger partial charge in [-0.25, -0.2) is 24.7 Å². The van der Waals surface area contributed by atoms with Crippen LogP contribution < -0.4 is 9.80 Å². The van der Waals surface area contributed by atoms with Gasteiger partial charge in [-0.15, -0.1) is 11.3 Å². The molecule has 1 fully saturated rings. The first-order valence-corrected chi connectivity index (χ1v) is 11.0. The molecule has 1 aliphatic heterocycles. The van der Waals surface area contributed by atoms with Gasteiger partial charge in [0.05, 0.1) is 22.8 Å². The van der Waals surface area contributed by atoms with Gasteiger partial charge in [0.2, 0.25) is 5.82 Å². The fourth-order valence-electron chi connectivity index (χ4n) is 3.64. The Kier molecular flexibility index (Phi) is 4.95. The SMILES string of the molecule is COC(=O)c1nc(N2CCN(c3ncnc4ccc(Br)cc34)CC2)c2sccc2n1. The Morgan fingerprint density at radius 2 is 1.80 bits per heavy atom. The van der Waals surface area contributed by atoms with Gasteiger partial charge in [-0.3, -0.25) is 0 Å². The molecule has 0 radical (unpaired) electrons. The van der Waals surface area contributed by atoms with Crippen molar-refractivity contribution >= 4 is 66.0 Å². The minimum Gasteiger partial charge on any atom is -0.463 e. The summed E-state index contributed by atoms with van der Waals surface area (Å²) in [5, 5.41) is 2.99. The van der Waals surface area contributed by atoms with Crippen LogP contribution in [0.25, 0.3) is 21.1 Å². The molecule has 30 heavy (non-hydrogen) atoms. The number of hydrogen-bond donors (Lipinski definition) is 0. The number of ether oxygens (including phenoxy) is 1. The van der Waals surface area contributed by atoms with Crippen LogP contribution in [0, 0.1) is 0 Å². The van der Waals surface area contributed by atoms with E-state index < -0.39 is 5.97 Å². The van der Waals surface area contributed by atoms with Crippen LogP contribution >= 0.6 is 27.3 Å². The molecule has 152 valence electrons. The highest BCUT2D eigenvalue weighted by molar-refractivity contribution is 9.10. The van der Waals surface area contributed by atoms with Crippen LogP contribution in [0.4, 0.5) is 11.6 Å². The maximum Gasteiger partial charge on any atom is 0.376 e. The third-order valence-electron chi connectivity index (χ3n) is 5.11. The van der Waals surface area contributed by atoms with E-state index in [-0.39, 0.29) is 5.82 Å². The normalized spacial score (nSPS) is 14.5. The fraction of sp³-hybridized carbons (Fsp3) is 0.250. The van der Waals surface area contributed by atoms with Crippen molar-refractivity contribution in [2.75, 3.05) is 43.1 Å². The molecular weight excluding hydrogens is 468 g/mol. The lowest BCUT2D eigenvalue weighted by atomic mass is 10.2. The van der Waals surface area contributed by atoms with E-state index in [9.17, 15) is 4.79 Å². The lowest BCUT2D eigenvalue weighted by molar-refractivity contribution is 0.0587. The molecule has 0 spiro atoms. The van der Waals surface area contributed by atoms with E-state index in [2.05, 4.69) is 51.7 Å². The van der Waals surface area contributed by atoms with E-state index in [0.717, 1.165) is 63.4 Å². The zero-order chi connectivity index (χ0) is 20.7. The maximum atomic E-state index is 12.0. The Morgan fingerprint density at radius 1 is 1.03 bits per heavy atom.